The Kier molecular flexibility index (Phi) is 4.15. The maximum absolute atomic E-state index is 10.6. The summed E-state index contributed by atoms with van der Waals surface area (Å²) in [5, 5.41) is 20.8. The van der Waals surface area contributed by atoms with E-state index >= 15 is 0 Å². The fraction of sp³-hybridized carbons (Fsp3) is 0.579. The molecular formula is C19H27NO3. The van der Waals surface area contributed by atoms with Crippen molar-refractivity contribution in [3.05, 3.63) is 35.4 Å². The first-order valence-corrected chi connectivity index (χ1v) is 8.41. The molecule has 2 aliphatic heterocycles. The molecule has 0 saturated carbocycles. The van der Waals surface area contributed by atoms with Gasteiger partial charge in [-0.2, -0.15) is 0 Å². The minimum absolute atomic E-state index is 0.173. The number of aliphatic hydroxyl groups is 1. The number of aromatic hydroxyl groups is 1. The molecule has 0 bridgehead atoms. The van der Waals surface area contributed by atoms with E-state index < -0.39 is 6.10 Å². The molecule has 1 aromatic rings. The third-order valence-corrected chi connectivity index (χ3v) is 5.62. The maximum Gasteiger partial charge on any atom is 0.165 e. The van der Waals surface area contributed by atoms with E-state index in [1.54, 1.807) is 12.1 Å². The van der Waals surface area contributed by atoms with Crippen molar-refractivity contribution in [1.82, 2.24) is 4.90 Å². The van der Waals surface area contributed by atoms with Crippen LogP contribution in [-0.4, -0.2) is 47.0 Å². The standard InChI is InChI=1S/C19H27NO3/c1-5-6-15(22)18-19(3)9-10-20(4)12(2)11-13-7-8-14(21)17(23-18)16(13)19/h5-8,12,15,18,21-22H,9-11H2,1-4H3/b6-5-/t12-,15-,18-,19+/m0/s1. The molecular weight excluding hydrogens is 290 g/mol. The number of rotatable bonds is 2. The van der Waals surface area contributed by atoms with Crippen LogP contribution in [0.25, 0.3) is 0 Å². The van der Waals surface area contributed by atoms with Crippen LogP contribution in [0.4, 0.5) is 0 Å². The van der Waals surface area contributed by atoms with Gasteiger partial charge < -0.3 is 19.8 Å². The highest BCUT2D eigenvalue weighted by Gasteiger charge is 2.51. The largest absolute Gasteiger partial charge is 0.504 e. The number of aliphatic hydroxyl groups excluding tert-OH is 1. The number of phenols is 1. The highest BCUT2D eigenvalue weighted by atomic mass is 16.5. The quantitative estimate of drug-likeness (QED) is 0.823. The number of likely N-dealkylation sites (N-methyl/N-ethyl adjacent to an activating group) is 1. The first-order valence-electron chi connectivity index (χ1n) is 8.41. The van der Waals surface area contributed by atoms with Crippen LogP contribution in [0.1, 0.15) is 38.3 Å². The van der Waals surface area contributed by atoms with Crippen LogP contribution in [-0.2, 0) is 11.8 Å². The van der Waals surface area contributed by atoms with Gasteiger partial charge in [-0.05, 0) is 51.9 Å². The number of benzene rings is 1. The lowest BCUT2D eigenvalue weighted by molar-refractivity contribution is 0.0291. The monoisotopic (exact) mass is 317 g/mol. The first-order chi connectivity index (χ1) is 10.9. The van der Waals surface area contributed by atoms with Crippen molar-refractivity contribution in [3.8, 4) is 11.5 Å². The Morgan fingerprint density at radius 3 is 2.87 bits per heavy atom. The Morgan fingerprint density at radius 1 is 1.43 bits per heavy atom. The van der Waals surface area contributed by atoms with Crippen LogP contribution in [0.3, 0.4) is 0 Å². The van der Waals surface area contributed by atoms with Gasteiger partial charge in [0.25, 0.3) is 0 Å². The second kappa shape index (κ2) is 5.84. The lowest BCUT2D eigenvalue weighted by Crippen LogP contribution is -2.47. The summed E-state index contributed by atoms with van der Waals surface area (Å²) in [4.78, 5) is 2.36. The molecule has 4 nitrogen and oxygen atoms in total. The molecule has 0 aliphatic carbocycles. The van der Waals surface area contributed by atoms with Crippen molar-refractivity contribution in [2.75, 3.05) is 13.6 Å². The third-order valence-electron chi connectivity index (χ3n) is 5.62. The Labute approximate surface area is 138 Å². The molecule has 3 rings (SSSR count). The Bertz CT molecular complexity index is 627. The summed E-state index contributed by atoms with van der Waals surface area (Å²) >= 11 is 0. The molecule has 0 saturated heterocycles. The zero-order valence-electron chi connectivity index (χ0n) is 14.4. The van der Waals surface area contributed by atoms with Gasteiger partial charge >= 0.3 is 0 Å². The van der Waals surface area contributed by atoms with E-state index in [-0.39, 0.29) is 17.3 Å². The van der Waals surface area contributed by atoms with Gasteiger partial charge in [-0.1, -0.05) is 25.1 Å². The molecule has 1 aromatic carbocycles. The summed E-state index contributed by atoms with van der Waals surface area (Å²) in [5.41, 5.74) is 2.00. The molecule has 4 heteroatoms. The number of phenolic OH excluding ortho intramolecular Hbond substituents is 1. The molecule has 2 aliphatic rings. The van der Waals surface area contributed by atoms with Crippen LogP contribution in [0.5, 0.6) is 11.5 Å². The average molecular weight is 317 g/mol. The molecule has 0 aromatic heterocycles. The number of allylic oxidation sites excluding steroid dienone is 1. The second-order valence-corrected chi connectivity index (χ2v) is 7.20. The van der Waals surface area contributed by atoms with Crippen LogP contribution in [0, 0.1) is 0 Å². The van der Waals surface area contributed by atoms with Gasteiger partial charge in [-0.25, -0.2) is 0 Å². The highest BCUT2D eigenvalue weighted by Crippen LogP contribution is 2.52. The lowest BCUT2D eigenvalue weighted by atomic mass is 9.71. The highest BCUT2D eigenvalue weighted by molar-refractivity contribution is 5.58. The number of hydrogen-bond acceptors (Lipinski definition) is 4. The summed E-state index contributed by atoms with van der Waals surface area (Å²) < 4.78 is 6.09. The zero-order chi connectivity index (χ0) is 16.8. The van der Waals surface area contributed by atoms with Crippen LogP contribution in [0.15, 0.2) is 24.3 Å². The van der Waals surface area contributed by atoms with E-state index in [0.29, 0.717) is 11.8 Å². The van der Waals surface area contributed by atoms with Crippen LogP contribution >= 0.6 is 0 Å². The zero-order valence-corrected chi connectivity index (χ0v) is 14.4. The molecule has 0 fully saturated rings. The summed E-state index contributed by atoms with van der Waals surface area (Å²) in [6.45, 7) is 7.21. The molecule has 2 N–H and O–H groups in total. The van der Waals surface area contributed by atoms with Gasteiger partial charge in [-0.15, -0.1) is 0 Å². The Morgan fingerprint density at radius 2 is 2.17 bits per heavy atom. The molecule has 23 heavy (non-hydrogen) atoms. The SMILES string of the molecule is C/C=C\[C@H](O)[C@@H]1Oc2c(O)ccc3c2[C@@]1(C)CCN(C)[C@@H](C)C3. The first kappa shape index (κ1) is 16.3. The lowest BCUT2D eigenvalue weighted by Gasteiger charge is -2.38. The molecule has 4 atom stereocenters. The van der Waals surface area contributed by atoms with Gasteiger partial charge in [0.2, 0.25) is 0 Å². The molecule has 0 amide bonds. The topological polar surface area (TPSA) is 52.9 Å². The van der Waals surface area contributed by atoms with Crippen molar-refractivity contribution >= 4 is 0 Å². The van der Waals surface area contributed by atoms with Gasteiger partial charge in [0.1, 0.15) is 12.2 Å². The number of hydrogen-bond donors (Lipinski definition) is 2. The Hall–Kier alpha value is -1.52. The van der Waals surface area contributed by atoms with Gasteiger partial charge in [0.05, 0.1) is 0 Å². The summed E-state index contributed by atoms with van der Waals surface area (Å²) in [7, 11) is 2.15. The predicted molar refractivity (Wildman–Crippen MR) is 91.1 cm³/mol. The van der Waals surface area contributed by atoms with Gasteiger partial charge in [-0.3, -0.25) is 0 Å². The summed E-state index contributed by atoms with van der Waals surface area (Å²) in [6, 6.07) is 4.16. The molecule has 2 heterocycles. The number of nitrogens with zero attached hydrogens (tertiary/aromatic N) is 1. The van der Waals surface area contributed by atoms with Crippen molar-refractivity contribution in [2.45, 2.75) is 57.3 Å². The van der Waals surface area contributed by atoms with Gasteiger partial charge in [0.15, 0.2) is 11.5 Å². The minimum Gasteiger partial charge on any atom is -0.504 e. The summed E-state index contributed by atoms with van der Waals surface area (Å²) in [5.74, 6) is 0.738. The molecule has 0 spiro atoms. The van der Waals surface area contributed by atoms with E-state index in [2.05, 4.69) is 25.8 Å². The molecule has 126 valence electrons. The normalized spacial score (nSPS) is 32.2. The summed E-state index contributed by atoms with van der Waals surface area (Å²) in [6.07, 6.45) is 4.36. The van der Waals surface area contributed by atoms with Crippen LogP contribution in [0.2, 0.25) is 0 Å². The van der Waals surface area contributed by atoms with E-state index in [1.807, 2.05) is 19.1 Å². The molecule has 0 unspecified atom stereocenters. The predicted octanol–water partition coefficient (Wildman–Crippen LogP) is 2.61. The van der Waals surface area contributed by atoms with Gasteiger partial charge in [0, 0.05) is 17.0 Å². The van der Waals surface area contributed by atoms with Crippen molar-refractivity contribution in [1.29, 1.82) is 0 Å². The minimum atomic E-state index is -0.688. The van der Waals surface area contributed by atoms with E-state index in [4.69, 9.17) is 4.74 Å². The van der Waals surface area contributed by atoms with E-state index in [0.717, 1.165) is 24.9 Å². The Balaban J connectivity index is 2.14. The fourth-order valence-corrected chi connectivity index (χ4v) is 4.04. The average Bonchev–Trinajstić information content (AvgIpc) is 2.82. The molecule has 0 radical (unpaired) electrons. The van der Waals surface area contributed by atoms with E-state index in [9.17, 15) is 10.2 Å². The van der Waals surface area contributed by atoms with E-state index in [1.165, 1.54) is 5.56 Å². The van der Waals surface area contributed by atoms with Crippen LogP contribution < -0.4 is 4.74 Å². The van der Waals surface area contributed by atoms with Crippen molar-refractivity contribution in [3.63, 3.8) is 0 Å². The third kappa shape index (κ3) is 2.54. The number of ether oxygens (including phenoxy) is 1. The maximum atomic E-state index is 10.6. The van der Waals surface area contributed by atoms with Crippen molar-refractivity contribution in [2.24, 2.45) is 0 Å². The van der Waals surface area contributed by atoms with Crippen molar-refractivity contribution < 1.29 is 14.9 Å². The second-order valence-electron chi connectivity index (χ2n) is 7.20. The fourth-order valence-electron chi connectivity index (χ4n) is 4.04. The smallest absolute Gasteiger partial charge is 0.165 e.